The van der Waals surface area contributed by atoms with Crippen LogP contribution in [-0.4, -0.2) is 31.2 Å². The van der Waals surface area contributed by atoms with Crippen molar-refractivity contribution in [3.63, 3.8) is 0 Å². The molecule has 1 aliphatic carbocycles. The van der Waals surface area contributed by atoms with Crippen LogP contribution < -0.4 is 0 Å². The molecule has 1 N–H and O–H groups in total. The van der Waals surface area contributed by atoms with E-state index in [1.165, 1.54) is 4.80 Å². The quantitative estimate of drug-likeness (QED) is 0.689. The van der Waals surface area contributed by atoms with Gasteiger partial charge in [0.2, 0.25) is 5.82 Å². The van der Waals surface area contributed by atoms with Gasteiger partial charge in [0.15, 0.2) is 0 Å². The molecular formula is C8H10F2N4O. The lowest BCUT2D eigenvalue weighted by Gasteiger charge is -2.27. The number of nitrogens with zero attached hydrogens (tertiary/aromatic N) is 4. The molecule has 1 heterocycles. The fraction of sp³-hybridized carbons (Fsp3) is 0.625. The summed E-state index contributed by atoms with van der Waals surface area (Å²) in [6.45, 7) is 0. The minimum Gasteiger partial charge on any atom is -0.378 e. The maximum absolute atomic E-state index is 12.8. The second kappa shape index (κ2) is 3.06. The monoisotopic (exact) mass is 216 g/mol. The second-order valence-electron chi connectivity index (χ2n) is 3.62. The molecule has 5 nitrogen and oxygen atoms in total. The van der Waals surface area contributed by atoms with Crippen molar-refractivity contribution < 1.29 is 13.9 Å². The van der Waals surface area contributed by atoms with E-state index in [4.69, 9.17) is 0 Å². The molecule has 0 saturated carbocycles. The standard InChI is InChI=1S/C8H10F2N4O/c1-14-12-6(11-13-14)7(15)2-4-8(9,10)5-3-7/h2,4,15H,3,5H2,1H3. The van der Waals surface area contributed by atoms with Crippen LogP contribution in [0.1, 0.15) is 18.7 Å². The number of hydrogen-bond donors (Lipinski definition) is 1. The van der Waals surface area contributed by atoms with Gasteiger partial charge in [0.1, 0.15) is 5.60 Å². The Morgan fingerprint density at radius 2 is 2.13 bits per heavy atom. The second-order valence-corrected chi connectivity index (χ2v) is 3.62. The minimum absolute atomic E-state index is 0.0525. The number of allylic oxidation sites excluding steroid dienone is 1. The Bertz CT molecular complexity index is 403. The van der Waals surface area contributed by atoms with E-state index in [0.717, 1.165) is 6.08 Å². The first-order valence-corrected chi connectivity index (χ1v) is 4.46. The average molecular weight is 216 g/mol. The molecule has 0 radical (unpaired) electrons. The Hall–Kier alpha value is -1.37. The van der Waals surface area contributed by atoms with Gasteiger partial charge in [-0.2, -0.15) is 4.80 Å². The van der Waals surface area contributed by atoms with Crippen LogP contribution in [0.3, 0.4) is 0 Å². The predicted molar refractivity (Wildman–Crippen MR) is 46.0 cm³/mol. The molecule has 82 valence electrons. The Kier molecular flexibility index (Phi) is 2.07. The lowest BCUT2D eigenvalue weighted by molar-refractivity contribution is -0.0173. The molecule has 2 rings (SSSR count). The number of aromatic nitrogens is 4. The summed E-state index contributed by atoms with van der Waals surface area (Å²) in [6.07, 6.45) is 1.20. The molecule has 0 fully saturated rings. The van der Waals surface area contributed by atoms with Crippen LogP contribution in [0.4, 0.5) is 8.78 Å². The van der Waals surface area contributed by atoms with Gasteiger partial charge in [-0.05, 0) is 23.8 Å². The minimum atomic E-state index is -2.85. The molecule has 0 bridgehead atoms. The van der Waals surface area contributed by atoms with E-state index in [-0.39, 0.29) is 12.2 Å². The number of tetrazole rings is 1. The van der Waals surface area contributed by atoms with E-state index >= 15 is 0 Å². The van der Waals surface area contributed by atoms with Crippen molar-refractivity contribution in [2.75, 3.05) is 0 Å². The van der Waals surface area contributed by atoms with Crippen molar-refractivity contribution in [2.45, 2.75) is 24.4 Å². The molecule has 7 heteroatoms. The number of aliphatic hydroxyl groups is 1. The van der Waals surface area contributed by atoms with Gasteiger partial charge < -0.3 is 5.11 Å². The van der Waals surface area contributed by atoms with Crippen molar-refractivity contribution in [1.29, 1.82) is 0 Å². The molecular weight excluding hydrogens is 206 g/mol. The summed E-state index contributed by atoms with van der Waals surface area (Å²) in [5.74, 6) is -2.80. The smallest absolute Gasteiger partial charge is 0.266 e. The Morgan fingerprint density at radius 3 is 2.60 bits per heavy atom. The maximum atomic E-state index is 12.8. The van der Waals surface area contributed by atoms with Gasteiger partial charge in [-0.3, -0.25) is 0 Å². The first-order chi connectivity index (χ1) is 6.91. The zero-order valence-corrected chi connectivity index (χ0v) is 8.06. The number of aryl methyl sites for hydroxylation is 1. The largest absolute Gasteiger partial charge is 0.378 e. The van der Waals surface area contributed by atoms with Gasteiger partial charge in [0, 0.05) is 6.42 Å². The maximum Gasteiger partial charge on any atom is 0.266 e. The molecule has 15 heavy (non-hydrogen) atoms. The number of hydrogen-bond acceptors (Lipinski definition) is 4. The highest BCUT2D eigenvalue weighted by atomic mass is 19.3. The topological polar surface area (TPSA) is 63.8 Å². The van der Waals surface area contributed by atoms with Gasteiger partial charge in [0.05, 0.1) is 7.05 Å². The predicted octanol–water partition coefficient (Wildman–Crippen LogP) is 0.383. The van der Waals surface area contributed by atoms with E-state index in [0.29, 0.717) is 6.08 Å². The highest BCUT2D eigenvalue weighted by Crippen LogP contribution is 2.36. The molecule has 1 atom stereocenters. The third kappa shape index (κ3) is 1.87. The summed E-state index contributed by atoms with van der Waals surface area (Å²) in [5.41, 5.74) is -1.52. The van der Waals surface area contributed by atoms with Crippen LogP contribution in [0.2, 0.25) is 0 Å². The van der Waals surface area contributed by atoms with Crippen LogP contribution in [0.25, 0.3) is 0 Å². The van der Waals surface area contributed by atoms with E-state index in [1.54, 1.807) is 7.05 Å². The van der Waals surface area contributed by atoms with Crippen LogP contribution in [0.15, 0.2) is 12.2 Å². The molecule has 1 aromatic rings. The molecule has 0 aliphatic heterocycles. The van der Waals surface area contributed by atoms with Crippen molar-refractivity contribution in [1.82, 2.24) is 20.2 Å². The van der Waals surface area contributed by atoms with E-state index in [9.17, 15) is 13.9 Å². The van der Waals surface area contributed by atoms with Gasteiger partial charge >= 0.3 is 0 Å². The summed E-state index contributed by atoms with van der Waals surface area (Å²) in [7, 11) is 1.54. The van der Waals surface area contributed by atoms with E-state index in [2.05, 4.69) is 15.4 Å². The normalized spacial score (nSPS) is 29.3. The summed E-state index contributed by atoms with van der Waals surface area (Å²) < 4.78 is 25.6. The Labute approximate surface area is 84.4 Å². The third-order valence-electron chi connectivity index (χ3n) is 2.34. The highest BCUT2D eigenvalue weighted by Gasteiger charge is 2.41. The SMILES string of the molecule is Cn1nnc(C2(O)C=CC(F)(F)CC2)n1. The van der Waals surface area contributed by atoms with Crippen LogP contribution in [0.5, 0.6) is 0 Å². The molecule has 1 aromatic heterocycles. The summed E-state index contributed by atoms with van der Waals surface area (Å²) in [6, 6.07) is 0. The van der Waals surface area contributed by atoms with Gasteiger partial charge in [0.25, 0.3) is 5.92 Å². The molecule has 0 amide bonds. The molecule has 0 saturated heterocycles. The molecule has 1 aliphatic rings. The van der Waals surface area contributed by atoms with Crippen molar-refractivity contribution in [3.05, 3.63) is 18.0 Å². The van der Waals surface area contributed by atoms with Crippen LogP contribution in [-0.2, 0) is 12.6 Å². The summed E-state index contributed by atoms with van der Waals surface area (Å²) in [5, 5.41) is 21.0. The number of alkyl halides is 2. The summed E-state index contributed by atoms with van der Waals surface area (Å²) in [4.78, 5) is 1.17. The number of halogens is 2. The first kappa shape index (κ1) is 10.2. The van der Waals surface area contributed by atoms with E-state index in [1.807, 2.05) is 0 Å². The lowest BCUT2D eigenvalue weighted by atomic mass is 9.89. The van der Waals surface area contributed by atoms with Gasteiger partial charge in [-0.25, -0.2) is 8.78 Å². The Morgan fingerprint density at radius 1 is 1.40 bits per heavy atom. The molecule has 0 spiro atoms. The van der Waals surface area contributed by atoms with Crippen LogP contribution in [0, 0.1) is 0 Å². The fourth-order valence-electron chi connectivity index (χ4n) is 1.43. The molecule has 0 aromatic carbocycles. The van der Waals surface area contributed by atoms with Crippen molar-refractivity contribution >= 4 is 0 Å². The highest BCUT2D eigenvalue weighted by molar-refractivity contribution is 5.17. The number of rotatable bonds is 1. The Balaban J connectivity index is 2.30. The van der Waals surface area contributed by atoms with Crippen molar-refractivity contribution in [2.24, 2.45) is 7.05 Å². The average Bonchev–Trinajstić information content (AvgIpc) is 2.59. The van der Waals surface area contributed by atoms with Crippen molar-refractivity contribution in [3.8, 4) is 0 Å². The van der Waals surface area contributed by atoms with Crippen LogP contribution >= 0.6 is 0 Å². The molecule has 1 unspecified atom stereocenters. The van der Waals surface area contributed by atoms with Gasteiger partial charge in [-0.1, -0.05) is 0 Å². The van der Waals surface area contributed by atoms with E-state index < -0.39 is 17.9 Å². The lowest BCUT2D eigenvalue weighted by Crippen LogP contribution is -2.32. The first-order valence-electron chi connectivity index (χ1n) is 4.46. The zero-order chi connectivity index (χ0) is 11.1. The summed E-state index contributed by atoms with van der Waals surface area (Å²) >= 11 is 0. The third-order valence-corrected chi connectivity index (χ3v) is 2.34. The van der Waals surface area contributed by atoms with Gasteiger partial charge in [-0.15, -0.1) is 10.2 Å². The zero-order valence-electron chi connectivity index (χ0n) is 8.06. The fourth-order valence-corrected chi connectivity index (χ4v) is 1.43.